The van der Waals surface area contributed by atoms with Gasteiger partial charge in [0.1, 0.15) is 17.7 Å². The number of carbonyl (C=O) groups excluding carboxylic acids is 4. The zero-order valence-corrected chi connectivity index (χ0v) is 23.4. The first kappa shape index (κ1) is 30.9. The highest BCUT2D eigenvalue weighted by molar-refractivity contribution is 5.95. The molecule has 0 radical (unpaired) electrons. The van der Waals surface area contributed by atoms with Gasteiger partial charge in [0.25, 0.3) is 0 Å². The van der Waals surface area contributed by atoms with Crippen LogP contribution in [0.1, 0.15) is 92.3 Å². The fraction of sp³-hybridized carbons (Fsp3) is 0.630. The molecule has 0 aliphatic heterocycles. The van der Waals surface area contributed by atoms with Crippen molar-refractivity contribution in [2.24, 2.45) is 5.73 Å². The lowest BCUT2D eigenvalue weighted by molar-refractivity contribution is -0.150. The molecule has 0 saturated carbocycles. The number of hydrogen-bond acceptors (Lipinski definition) is 5. The smallest absolute Gasteiger partial charge is 0.408 e. The number of aryl methyl sites for hydroxylation is 1. The Morgan fingerprint density at radius 1 is 1.03 bits per heavy atom. The van der Waals surface area contributed by atoms with Gasteiger partial charge in [-0.15, -0.1) is 0 Å². The minimum Gasteiger partial charge on any atom is -0.444 e. The highest BCUT2D eigenvalue weighted by Gasteiger charge is 2.44. The zero-order valence-electron chi connectivity index (χ0n) is 23.4. The van der Waals surface area contributed by atoms with E-state index in [2.05, 4.69) is 10.6 Å². The average molecular weight is 505 g/mol. The summed E-state index contributed by atoms with van der Waals surface area (Å²) in [6.45, 7) is 18.1. The van der Waals surface area contributed by atoms with Gasteiger partial charge >= 0.3 is 6.09 Å². The molecule has 0 bridgehead atoms. The molecule has 1 aromatic rings. The first-order chi connectivity index (χ1) is 16.3. The Hall–Kier alpha value is -3.10. The maximum atomic E-state index is 14.1. The fourth-order valence-corrected chi connectivity index (χ4v) is 3.66. The summed E-state index contributed by atoms with van der Waals surface area (Å²) in [5.74, 6) is -1.76. The number of amides is 4. The molecule has 0 aliphatic carbocycles. The standard InChI is InChI=1S/C27H44N4O5/c1-11-27(9,10)31(23(34)19(16-20(28)32)29-24(35)36-26(6,7)8)21(22(33)30-25(3,4)5)18-14-12-13-17(2)15-18/h12-15,19,21H,11,16H2,1-10H3,(H2,28,32)(H,29,35)(H,30,33). The predicted molar refractivity (Wildman–Crippen MR) is 140 cm³/mol. The molecule has 2 unspecified atom stereocenters. The quantitative estimate of drug-likeness (QED) is 0.472. The second-order valence-electron chi connectivity index (χ2n) is 11.8. The predicted octanol–water partition coefficient (Wildman–Crippen LogP) is 3.74. The van der Waals surface area contributed by atoms with Crippen LogP contribution in [0, 0.1) is 6.92 Å². The summed E-state index contributed by atoms with van der Waals surface area (Å²) >= 11 is 0. The zero-order chi connectivity index (χ0) is 28.1. The first-order valence-corrected chi connectivity index (χ1v) is 12.3. The number of rotatable bonds is 9. The van der Waals surface area contributed by atoms with Crippen LogP contribution >= 0.6 is 0 Å². The molecule has 9 nitrogen and oxygen atoms in total. The third-order valence-corrected chi connectivity index (χ3v) is 5.51. The van der Waals surface area contributed by atoms with E-state index in [1.807, 2.05) is 66.7 Å². The summed E-state index contributed by atoms with van der Waals surface area (Å²) in [6.07, 6.45) is -0.808. The van der Waals surface area contributed by atoms with Crippen LogP contribution in [-0.4, -0.2) is 51.4 Å². The second kappa shape index (κ2) is 11.8. The van der Waals surface area contributed by atoms with Crippen molar-refractivity contribution in [2.45, 2.75) is 111 Å². The van der Waals surface area contributed by atoms with E-state index >= 15 is 0 Å². The molecule has 0 aliphatic rings. The van der Waals surface area contributed by atoms with Gasteiger partial charge in [0.15, 0.2) is 0 Å². The summed E-state index contributed by atoms with van der Waals surface area (Å²) in [5, 5.41) is 5.49. The maximum absolute atomic E-state index is 14.1. The van der Waals surface area contributed by atoms with Crippen LogP contribution in [0.2, 0.25) is 0 Å². The Balaban J connectivity index is 3.69. The van der Waals surface area contributed by atoms with Gasteiger partial charge in [-0.1, -0.05) is 36.8 Å². The molecule has 202 valence electrons. The van der Waals surface area contributed by atoms with E-state index in [-0.39, 0.29) is 5.91 Å². The number of nitrogens with one attached hydrogen (secondary N) is 2. The Morgan fingerprint density at radius 3 is 2.06 bits per heavy atom. The van der Waals surface area contributed by atoms with Crippen molar-refractivity contribution >= 4 is 23.8 Å². The van der Waals surface area contributed by atoms with E-state index in [1.54, 1.807) is 26.8 Å². The molecule has 0 aromatic heterocycles. The van der Waals surface area contributed by atoms with Crippen LogP contribution in [0.25, 0.3) is 0 Å². The van der Waals surface area contributed by atoms with Crippen LogP contribution in [0.15, 0.2) is 24.3 Å². The molecule has 2 atom stereocenters. The van der Waals surface area contributed by atoms with E-state index in [0.717, 1.165) is 5.56 Å². The highest BCUT2D eigenvalue weighted by Crippen LogP contribution is 2.33. The van der Waals surface area contributed by atoms with Crippen molar-refractivity contribution in [3.05, 3.63) is 35.4 Å². The van der Waals surface area contributed by atoms with Crippen molar-refractivity contribution in [1.82, 2.24) is 15.5 Å². The van der Waals surface area contributed by atoms with Gasteiger partial charge in [-0.3, -0.25) is 14.4 Å². The van der Waals surface area contributed by atoms with E-state index in [9.17, 15) is 19.2 Å². The molecule has 0 heterocycles. The lowest BCUT2D eigenvalue weighted by Gasteiger charge is -2.45. The minimum absolute atomic E-state index is 0.377. The molecule has 1 aromatic carbocycles. The van der Waals surface area contributed by atoms with Gasteiger partial charge in [0.05, 0.1) is 6.42 Å². The molecular weight excluding hydrogens is 460 g/mol. The van der Waals surface area contributed by atoms with Crippen LogP contribution < -0.4 is 16.4 Å². The Labute approximate surface area is 215 Å². The first-order valence-electron chi connectivity index (χ1n) is 12.3. The van der Waals surface area contributed by atoms with Crippen molar-refractivity contribution in [3.63, 3.8) is 0 Å². The van der Waals surface area contributed by atoms with Crippen molar-refractivity contribution in [3.8, 4) is 0 Å². The number of hydrogen-bond donors (Lipinski definition) is 3. The molecule has 0 fully saturated rings. The Bertz CT molecular complexity index is 960. The molecule has 0 spiro atoms. The van der Waals surface area contributed by atoms with Gasteiger partial charge in [-0.2, -0.15) is 0 Å². The summed E-state index contributed by atoms with van der Waals surface area (Å²) in [5.41, 5.74) is 4.77. The van der Waals surface area contributed by atoms with Gasteiger partial charge in [0.2, 0.25) is 17.7 Å². The average Bonchev–Trinajstić information content (AvgIpc) is 2.67. The molecule has 9 heteroatoms. The van der Waals surface area contributed by atoms with Gasteiger partial charge < -0.3 is 26.0 Å². The van der Waals surface area contributed by atoms with Crippen molar-refractivity contribution < 1.29 is 23.9 Å². The molecule has 0 saturated heterocycles. The minimum atomic E-state index is -1.32. The molecule has 4 N–H and O–H groups in total. The summed E-state index contributed by atoms with van der Waals surface area (Å²) in [7, 11) is 0. The Kier molecular flexibility index (Phi) is 10.1. The van der Waals surface area contributed by atoms with Gasteiger partial charge in [-0.05, 0) is 74.3 Å². The van der Waals surface area contributed by atoms with E-state index in [4.69, 9.17) is 10.5 Å². The second-order valence-corrected chi connectivity index (χ2v) is 11.8. The van der Waals surface area contributed by atoms with E-state index in [0.29, 0.717) is 12.0 Å². The number of primary amides is 1. The summed E-state index contributed by atoms with van der Waals surface area (Å²) < 4.78 is 5.31. The number of carbonyl (C=O) groups is 4. The monoisotopic (exact) mass is 504 g/mol. The van der Waals surface area contributed by atoms with Crippen LogP contribution in [0.3, 0.4) is 0 Å². The third kappa shape index (κ3) is 9.51. The molecular formula is C27H44N4O5. The van der Waals surface area contributed by atoms with Gasteiger partial charge in [0, 0.05) is 11.1 Å². The molecule has 4 amide bonds. The van der Waals surface area contributed by atoms with E-state index in [1.165, 1.54) is 4.90 Å². The normalized spacial score (nSPS) is 13.8. The molecule has 36 heavy (non-hydrogen) atoms. The largest absolute Gasteiger partial charge is 0.444 e. The van der Waals surface area contributed by atoms with Crippen molar-refractivity contribution in [1.29, 1.82) is 0 Å². The maximum Gasteiger partial charge on any atom is 0.408 e. The summed E-state index contributed by atoms with van der Waals surface area (Å²) in [4.78, 5) is 53.8. The number of alkyl carbamates (subject to hydrolysis) is 1. The van der Waals surface area contributed by atoms with Crippen LogP contribution in [0.4, 0.5) is 4.79 Å². The SMILES string of the molecule is CCC(C)(C)N(C(=O)C(CC(N)=O)NC(=O)OC(C)(C)C)C(C(=O)NC(C)(C)C)c1cccc(C)c1. The lowest BCUT2D eigenvalue weighted by atomic mass is 9.90. The fourth-order valence-electron chi connectivity index (χ4n) is 3.66. The van der Waals surface area contributed by atoms with Gasteiger partial charge in [-0.25, -0.2) is 4.79 Å². The third-order valence-electron chi connectivity index (χ3n) is 5.51. The van der Waals surface area contributed by atoms with Crippen molar-refractivity contribution in [2.75, 3.05) is 0 Å². The van der Waals surface area contributed by atoms with E-state index < -0.39 is 53.1 Å². The molecule has 1 rings (SSSR count). The number of ether oxygens (including phenoxy) is 1. The lowest BCUT2D eigenvalue weighted by Crippen LogP contribution is -2.60. The summed E-state index contributed by atoms with van der Waals surface area (Å²) in [6, 6.07) is 5.02. The number of nitrogens with two attached hydrogens (primary N) is 1. The topological polar surface area (TPSA) is 131 Å². The van der Waals surface area contributed by atoms with Crippen LogP contribution in [0.5, 0.6) is 0 Å². The number of benzene rings is 1. The number of nitrogens with zero attached hydrogens (tertiary/aromatic N) is 1. The highest BCUT2D eigenvalue weighted by atomic mass is 16.6. The van der Waals surface area contributed by atoms with Crippen LogP contribution in [-0.2, 0) is 19.1 Å². The Morgan fingerprint density at radius 2 is 1.61 bits per heavy atom.